The molecule has 0 amide bonds. The summed E-state index contributed by atoms with van der Waals surface area (Å²) in [6.45, 7) is 5.30. The molecule has 0 aliphatic heterocycles. The SMILES string of the molecule is Cc1nc(N[C@H](C)c2cccc(C(C)F)c2)c2cc(Br)c(=O)n(C)c2n1. The van der Waals surface area contributed by atoms with Crippen molar-refractivity contribution in [1.82, 2.24) is 14.5 Å². The van der Waals surface area contributed by atoms with Crippen molar-refractivity contribution in [2.45, 2.75) is 33.0 Å². The lowest BCUT2D eigenvalue weighted by atomic mass is 10.0. The van der Waals surface area contributed by atoms with Crippen LogP contribution in [0.1, 0.15) is 43.0 Å². The van der Waals surface area contributed by atoms with Crippen molar-refractivity contribution in [3.05, 3.63) is 62.1 Å². The molecule has 2 aromatic heterocycles. The van der Waals surface area contributed by atoms with Gasteiger partial charge in [0.1, 0.15) is 23.5 Å². The Bertz CT molecular complexity index is 1030. The molecule has 1 aromatic carbocycles. The molecule has 1 N–H and O–H groups in total. The van der Waals surface area contributed by atoms with Crippen LogP contribution >= 0.6 is 15.9 Å². The van der Waals surface area contributed by atoms with E-state index in [1.807, 2.05) is 25.1 Å². The number of anilines is 1. The highest BCUT2D eigenvalue weighted by Crippen LogP contribution is 2.27. The first-order chi connectivity index (χ1) is 12.3. The molecule has 136 valence electrons. The van der Waals surface area contributed by atoms with Gasteiger partial charge in [0, 0.05) is 13.1 Å². The van der Waals surface area contributed by atoms with E-state index in [2.05, 4.69) is 31.2 Å². The molecule has 2 heterocycles. The number of nitrogens with one attached hydrogen (secondary N) is 1. The zero-order valence-electron chi connectivity index (χ0n) is 15.0. The number of aromatic nitrogens is 3. The molecule has 0 radical (unpaired) electrons. The summed E-state index contributed by atoms with van der Waals surface area (Å²) in [7, 11) is 1.68. The van der Waals surface area contributed by atoms with Crippen LogP contribution in [0.25, 0.3) is 11.0 Å². The quantitative estimate of drug-likeness (QED) is 0.672. The molecule has 3 aromatic rings. The Morgan fingerprint density at radius 3 is 2.58 bits per heavy atom. The maximum absolute atomic E-state index is 13.6. The molecular weight excluding hydrogens is 399 g/mol. The summed E-state index contributed by atoms with van der Waals surface area (Å²) in [5.41, 5.74) is 2.01. The van der Waals surface area contributed by atoms with Crippen molar-refractivity contribution < 1.29 is 4.39 Å². The first kappa shape index (κ1) is 18.5. The van der Waals surface area contributed by atoms with E-state index in [0.717, 1.165) is 10.9 Å². The van der Waals surface area contributed by atoms with Crippen LogP contribution in [0.2, 0.25) is 0 Å². The Morgan fingerprint density at radius 1 is 1.19 bits per heavy atom. The summed E-state index contributed by atoms with van der Waals surface area (Å²) in [5.74, 6) is 1.20. The number of halogens is 2. The molecular formula is C19H20BrFN4O. The summed E-state index contributed by atoms with van der Waals surface area (Å²) in [5, 5.41) is 4.11. The summed E-state index contributed by atoms with van der Waals surface area (Å²) >= 11 is 3.30. The molecule has 0 saturated heterocycles. The second-order valence-electron chi connectivity index (χ2n) is 6.37. The number of benzene rings is 1. The summed E-state index contributed by atoms with van der Waals surface area (Å²) in [6.07, 6.45) is -1.02. The number of nitrogens with zero attached hydrogens (tertiary/aromatic N) is 3. The number of hydrogen-bond acceptors (Lipinski definition) is 4. The van der Waals surface area contributed by atoms with Gasteiger partial charge >= 0.3 is 0 Å². The van der Waals surface area contributed by atoms with Crippen molar-refractivity contribution >= 4 is 32.8 Å². The van der Waals surface area contributed by atoms with Crippen molar-refractivity contribution in [3.8, 4) is 0 Å². The molecule has 0 saturated carbocycles. The van der Waals surface area contributed by atoms with E-state index >= 15 is 0 Å². The van der Waals surface area contributed by atoms with Crippen LogP contribution in [0.3, 0.4) is 0 Å². The molecule has 2 atom stereocenters. The van der Waals surface area contributed by atoms with Gasteiger partial charge in [-0.2, -0.15) is 0 Å². The minimum absolute atomic E-state index is 0.0952. The Kier molecular flexibility index (Phi) is 5.09. The lowest BCUT2D eigenvalue weighted by Crippen LogP contribution is -2.20. The normalized spacial score (nSPS) is 13.6. The number of pyridine rings is 1. The van der Waals surface area contributed by atoms with Crippen molar-refractivity contribution in [2.24, 2.45) is 7.05 Å². The molecule has 0 fully saturated rings. The average molecular weight is 419 g/mol. The highest BCUT2D eigenvalue weighted by atomic mass is 79.9. The minimum atomic E-state index is -1.02. The van der Waals surface area contributed by atoms with Crippen LogP contribution < -0.4 is 10.9 Å². The number of fused-ring (bicyclic) bond motifs is 1. The Hall–Kier alpha value is -2.28. The molecule has 3 rings (SSSR count). The summed E-state index contributed by atoms with van der Waals surface area (Å²) in [4.78, 5) is 21.1. The Balaban J connectivity index is 2.06. The van der Waals surface area contributed by atoms with Crippen LogP contribution in [0.4, 0.5) is 10.2 Å². The Labute approximate surface area is 159 Å². The maximum atomic E-state index is 13.6. The Morgan fingerprint density at radius 2 is 1.88 bits per heavy atom. The summed E-state index contributed by atoms with van der Waals surface area (Å²) in [6, 6.07) is 9.06. The van der Waals surface area contributed by atoms with E-state index in [9.17, 15) is 9.18 Å². The van der Waals surface area contributed by atoms with Crippen LogP contribution in [-0.2, 0) is 7.05 Å². The topological polar surface area (TPSA) is 59.8 Å². The third kappa shape index (κ3) is 3.49. The van der Waals surface area contributed by atoms with E-state index in [1.165, 1.54) is 11.5 Å². The molecule has 0 aliphatic carbocycles. The van der Waals surface area contributed by atoms with Gasteiger partial charge in [-0.3, -0.25) is 9.36 Å². The fourth-order valence-corrected chi connectivity index (χ4v) is 3.37. The minimum Gasteiger partial charge on any atom is -0.363 e. The van der Waals surface area contributed by atoms with Gasteiger partial charge in [0.15, 0.2) is 0 Å². The van der Waals surface area contributed by atoms with Crippen LogP contribution in [0.15, 0.2) is 39.6 Å². The fourth-order valence-electron chi connectivity index (χ4n) is 2.87. The molecule has 0 spiro atoms. The number of rotatable bonds is 4. The van der Waals surface area contributed by atoms with Gasteiger partial charge in [-0.05, 0) is 53.9 Å². The zero-order valence-corrected chi connectivity index (χ0v) is 16.6. The van der Waals surface area contributed by atoms with Gasteiger partial charge in [0.2, 0.25) is 0 Å². The van der Waals surface area contributed by atoms with Gasteiger partial charge in [0.25, 0.3) is 5.56 Å². The van der Waals surface area contributed by atoms with Crippen LogP contribution in [0, 0.1) is 6.92 Å². The van der Waals surface area contributed by atoms with Crippen LogP contribution in [0.5, 0.6) is 0 Å². The van der Waals surface area contributed by atoms with Gasteiger partial charge in [-0.1, -0.05) is 24.3 Å². The maximum Gasteiger partial charge on any atom is 0.266 e. The highest BCUT2D eigenvalue weighted by Gasteiger charge is 2.15. The predicted octanol–water partition coefficient (Wildman–Crippen LogP) is 4.60. The predicted molar refractivity (Wildman–Crippen MR) is 105 cm³/mol. The van der Waals surface area contributed by atoms with Crippen molar-refractivity contribution in [3.63, 3.8) is 0 Å². The largest absolute Gasteiger partial charge is 0.363 e. The van der Waals surface area contributed by atoms with E-state index < -0.39 is 6.17 Å². The number of alkyl halides is 1. The molecule has 26 heavy (non-hydrogen) atoms. The summed E-state index contributed by atoms with van der Waals surface area (Å²) < 4.78 is 15.6. The standard InChI is InChI=1S/C19H20BrFN4O/c1-10(21)13-6-5-7-14(8-13)11(2)22-17-15-9-16(20)19(26)25(4)18(15)24-12(3)23-17/h5-11H,1-4H3,(H,22,23,24)/t10?,11-/m1/s1. The third-order valence-corrected chi connectivity index (χ3v) is 4.93. The second kappa shape index (κ2) is 7.15. The van der Waals surface area contributed by atoms with Gasteiger partial charge in [0.05, 0.1) is 9.86 Å². The third-order valence-electron chi connectivity index (χ3n) is 4.36. The van der Waals surface area contributed by atoms with E-state index in [-0.39, 0.29) is 11.6 Å². The highest BCUT2D eigenvalue weighted by molar-refractivity contribution is 9.10. The lowest BCUT2D eigenvalue weighted by Gasteiger charge is -2.18. The van der Waals surface area contributed by atoms with Crippen molar-refractivity contribution in [2.75, 3.05) is 5.32 Å². The molecule has 1 unspecified atom stereocenters. The molecule has 7 heteroatoms. The fraction of sp³-hybridized carbons (Fsp3) is 0.316. The number of aryl methyl sites for hydroxylation is 2. The van der Waals surface area contributed by atoms with Crippen molar-refractivity contribution in [1.29, 1.82) is 0 Å². The first-order valence-electron chi connectivity index (χ1n) is 8.32. The number of hydrogen-bond donors (Lipinski definition) is 1. The van der Waals surface area contributed by atoms with Gasteiger partial charge < -0.3 is 5.32 Å². The molecule has 0 bridgehead atoms. The average Bonchev–Trinajstić information content (AvgIpc) is 2.61. The molecule has 0 aliphatic rings. The van der Waals surface area contributed by atoms with E-state index in [0.29, 0.717) is 27.3 Å². The van der Waals surface area contributed by atoms with Crippen LogP contribution in [-0.4, -0.2) is 14.5 Å². The second-order valence-corrected chi connectivity index (χ2v) is 7.22. The lowest BCUT2D eigenvalue weighted by molar-refractivity contribution is 0.374. The smallest absolute Gasteiger partial charge is 0.266 e. The molecule has 5 nitrogen and oxygen atoms in total. The van der Waals surface area contributed by atoms with Gasteiger partial charge in [-0.25, -0.2) is 14.4 Å². The van der Waals surface area contributed by atoms with E-state index in [4.69, 9.17) is 0 Å². The first-order valence-corrected chi connectivity index (χ1v) is 9.11. The monoisotopic (exact) mass is 418 g/mol. The van der Waals surface area contributed by atoms with E-state index in [1.54, 1.807) is 26.1 Å². The zero-order chi connectivity index (χ0) is 19.0. The van der Waals surface area contributed by atoms with Gasteiger partial charge in [-0.15, -0.1) is 0 Å².